The number of aliphatic hydroxyl groups is 1. The molecule has 0 spiro atoms. The molecule has 1 saturated heterocycles. The van der Waals surface area contributed by atoms with E-state index in [2.05, 4.69) is 4.98 Å². The van der Waals surface area contributed by atoms with Crippen LogP contribution in [0.4, 0.5) is 5.13 Å². The van der Waals surface area contributed by atoms with Crippen molar-refractivity contribution in [3.8, 4) is 0 Å². The van der Waals surface area contributed by atoms with E-state index in [1.165, 1.54) is 16.2 Å². The first-order chi connectivity index (χ1) is 15.8. The number of thiazole rings is 1. The van der Waals surface area contributed by atoms with E-state index in [9.17, 15) is 14.7 Å². The largest absolute Gasteiger partial charge is 0.507 e. The van der Waals surface area contributed by atoms with Gasteiger partial charge in [-0.25, -0.2) is 4.98 Å². The van der Waals surface area contributed by atoms with Gasteiger partial charge in [0.2, 0.25) is 0 Å². The Morgan fingerprint density at radius 1 is 0.970 bits per heavy atom. The first kappa shape index (κ1) is 21.0. The zero-order valence-corrected chi connectivity index (χ0v) is 19.2. The van der Waals surface area contributed by atoms with Crippen LogP contribution in [0.2, 0.25) is 0 Å². The van der Waals surface area contributed by atoms with E-state index in [1.807, 2.05) is 45.0 Å². The third-order valence-electron chi connectivity index (χ3n) is 5.82. The van der Waals surface area contributed by atoms with Gasteiger partial charge in [0.15, 0.2) is 5.13 Å². The van der Waals surface area contributed by atoms with E-state index >= 15 is 0 Å². The molecular weight excluding hydrogens is 434 g/mol. The van der Waals surface area contributed by atoms with Crippen LogP contribution >= 0.6 is 11.3 Å². The average Bonchev–Trinajstić information content (AvgIpc) is 3.33. The minimum atomic E-state index is -0.809. The maximum Gasteiger partial charge on any atom is 0.301 e. The summed E-state index contributed by atoms with van der Waals surface area (Å²) in [5.41, 5.74) is 5.12. The van der Waals surface area contributed by atoms with Crippen LogP contribution in [0.5, 0.6) is 0 Å². The molecule has 1 atom stereocenters. The number of benzene rings is 2. The number of hydrogen-bond donors (Lipinski definition) is 1. The lowest BCUT2D eigenvalue weighted by Crippen LogP contribution is -2.29. The van der Waals surface area contributed by atoms with E-state index < -0.39 is 17.7 Å². The lowest BCUT2D eigenvalue weighted by molar-refractivity contribution is -0.132. The van der Waals surface area contributed by atoms with E-state index in [4.69, 9.17) is 4.98 Å². The van der Waals surface area contributed by atoms with Gasteiger partial charge in [0.25, 0.3) is 5.78 Å². The number of amides is 1. The van der Waals surface area contributed by atoms with Crippen molar-refractivity contribution in [2.24, 2.45) is 0 Å². The van der Waals surface area contributed by atoms with Crippen LogP contribution < -0.4 is 4.90 Å². The van der Waals surface area contributed by atoms with Gasteiger partial charge in [-0.05, 0) is 55.7 Å². The predicted molar refractivity (Wildman–Crippen MR) is 129 cm³/mol. The summed E-state index contributed by atoms with van der Waals surface area (Å²) in [5, 5.41) is 11.6. The second-order valence-electron chi connectivity index (χ2n) is 8.24. The number of ketones is 1. The van der Waals surface area contributed by atoms with Crippen molar-refractivity contribution < 1.29 is 14.7 Å². The number of pyridine rings is 1. The Hall–Kier alpha value is -3.84. The van der Waals surface area contributed by atoms with Crippen LogP contribution in [0, 0.1) is 20.8 Å². The molecule has 0 bridgehead atoms. The van der Waals surface area contributed by atoms with Gasteiger partial charge < -0.3 is 5.11 Å². The van der Waals surface area contributed by atoms with Gasteiger partial charge in [-0.3, -0.25) is 19.5 Å². The number of hydrogen-bond acceptors (Lipinski definition) is 6. The zero-order valence-electron chi connectivity index (χ0n) is 18.4. The number of carbonyl (C=O) groups excluding carboxylic acids is 2. The van der Waals surface area contributed by atoms with Crippen LogP contribution in [0.25, 0.3) is 16.0 Å². The number of rotatable bonds is 3. The van der Waals surface area contributed by atoms with E-state index in [0.29, 0.717) is 16.3 Å². The number of anilines is 1. The van der Waals surface area contributed by atoms with Gasteiger partial charge in [-0.1, -0.05) is 47.2 Å². The summed E-state index contributed by atoms with van der Waals surface area (Å²) in [6.07, 6.45) is 3.21. The molecule has 0 saturated carbocycles. The molecule has 2 aromatic heterocycles. The lowest BCUT2D eigenvalue weighted by Gasteiger charge is -2.22. The molecule has 1 aliphatic rings. The lowest BCUT2D eigenvalue weighted by atomic mass is 9.96. The van der Waals surface area contributed by atoms with Crippen LogP contribution in [0.15, 0.2) is 66.5 Å². The van der Waals surface area contributed by atoms with Gasteiger partial charge in [-0.15, -0.1) is 0 Å². The summed E-state index contributed by atoms with van der Waals surface area (Å²) >= 11 is 1.36. The Morgan fingerprint density at radius 2 is 1.67 bits per heavy atom. The fourth-order valence-corrected chi connectivity index (χ4v) is 5.39. The van der Waals surface area contributed by atoms with Crippen molar-refractivity contribution >= 4 is 44.1 Å². The zero-order chi connectivity index (χ0) is 23.3. The van der Waals surface area contributed by atoms with E-state index in [-0.39, 0.29) is 11.3 Å². The fraction of sp³-hybridized carbons (Fsp3) is 0.154. The van der Waals surface area contributed by atoms with Crippen molar-refractivity contribution in [2.75, 3.05) is 4.90 Å². The monoisotopic (exact) mass is 455 g/mol. The van der Waals surface area contributed by atoms with Crippen molar-refractivity contribution in [1.29, 1.82) is 0 Å². The van der Waals surface area contributed by atoms with Crippen molar-refractivity contribution in [3.63, 3.8) is 0 Å². The maximum absolute atomic E-state index is 13.3. The Morgan fingerprint density at radius 3 is 2.36 bits per heavy atom. The molecule has 3 heterocycles. The van der Waals surface area contributed by atoms with E-state index in [1.54, 1.807) is 36.7 Å². The van der Waals surface area contributed by atoms with Gasteiger partial charge in [0.05, 0.1) is 21.8 Å². The molecule has 2 aromatic carbocycles. The number of aryl methyl sites for hydroxylation is 3. The highest BCUT2D eigenvalue weighted by atomic mass is 32.1. The van der Waals surface area contributed by atoms with Crippen molar-refractivity contribution in [1.82, 2.24) is 9.97 Å². The number of aromatic nitrogens is 2. The second-order valence-corrected chi connectivity index (χ2v) is 9.25. The maximum atomic E-state index is 13.3. The third-order valence-corrected chi connectivity index (χ3v) is 6.82. The van der Waals surface area contributed by atoms with E-state index in [0.717, 1.165) is 26.9 Å². The highest BCUT2D eigenvalue weighted by Gasteiger charge is 2.48. The molecule has 1 unspecified atom stereocenters. The molecule has 33 heavy (non-hydrogen) atoms. The van der Waals surface area contributed by atoms with Gasteiger partial charge >= 0.3 is 5.91 Å². The molecule has 1 N–H and O–H groups in total. The smallest absolute Gasteiger partial charge is 0.301 e. The molecule has 5 rings (SSSR count). The number of Topliss-reactive ketones (excluding diaryl/α,β-unsaturated/α-hetero) is 1. The summed E-state index contributed by atoms with van der Waals surface area (Å²) in [7, 11) is 0. The number of carbonyl (C=O) groups is 2. The number of fused-ring (bicyclic) bond motifs is 1. The minimum Gasteiger partial charge on any atom is -0.507 e. The standard InChI is InChI=1S/C26H21N3O3S/c1-14-4-6-18(7-5-14)23(30)20-22(17-8-10-27-11-9-17)29(25(32)24(20)31)26-28-21-16(3)12-15(2)13-19(21)33-26/h4-13,22,30H,1-3H3. The highest BCUT2D eigenvalue weighted by molar-refractivity contribution is 7.22. The van der Waals surface area contributed by atoms with Crippen LogP contribution in [-0.4, -0.2) is 26.8 Å². The van der Waals surface area contributed by atoms with Crippen molar-refractivity contribution in [2.45, 2.75) is 26.8 Å². The first-order valence-corrected chi connectivity index (χ1v) is 11.3. The summed E-state index contributed by atoms with van der Waals surface area (Å²) in [4.78, 5) is 36.7. The third kappa shape index (κ3) is 3.50. The summed E-state index contributed by atoms with van der Waals surface area (Å²) < 4.78 is 0.941. The molecule has 1 amide bonds. The molecule has 7 heteroatoms. The topological polar surface area (TPSA) is 83.4 Å². The second kappa shape index (κ2) is 7.94. The number of aliphatic hydroxyl groups excluding tert-OH is 1. The molecular formula is C26H21N3O3S. The average molecular weight is 456 g/mol. The predicted octanol–water partition coefficient (Wildman–Crippen LogP) is 5.24. The molecule has 6 nitrogen and oxygen atoms in total. The summed E-state index contributed by atoms with van der Waals surface area (Å²) in [6.45, 7) is 5.93. The SMILES string of the molecule is Cc1ccc(C(O)=C2C(=O)C(=O)N(c3nc4c(C)cc(C)cc4s3)C2c2ccncc2)cc1. The first-order valence-electron chi connectivity index (χ1n) is 10.5. The molecule has 164 valence electrons. The Bertz CT molecular complexity index is 1440. The van der Waals surface area contributed by atoms with Gasteiger partial charge in [-0.2, -0.15) is 0 Å². The molecule has 1 aliphatic heterocycles. The Balaban J connectivity index is 1.73. The quantitative estimate of drug-likeness (QED) is 0.259. The van der Waals surface area contributed by atoms with Gasteiger partial charge in [0.1, 0.15) is 5.76 Å². The molecule has 0 aliphatic carbocycles. The molecule has 0 radical (unpaired) electrons. The summed E-state index contributed by atoms with van der Waals surface area (Å²) in [5.74, 6) is -1.65. The normalized spacial score (nSPS) is 17.8. The van der Waals surface area contributed by atoms with Crippen molar-refractivity contribution in [3.05, 3.63) is 94.3 Å². The Labute approximate surface area is 194 Å². The van der Waals surface area contributed by atoms with Crippen LogP contribution in [0.3, 0.4) is 0 Å². The molecule has 1 fully saturated rings. The minimum absolute atomic E-state index is 0.0437. The fourth-order valence-electron chi connectivity index (χ4n) is 4.22. The summed E-state index contributed by atoms with van der Waals surface area (Å²) in [6, 6.07) is 13.9. The van der Waals surface area contributed by atoms with Crippen LogP contribution in [0.1, 0.15) is 33.9 Å². The number of nitrogens with zero attached hydrogens (tertiary/aromatic N) is 3. The highest BCUT2D eigenvalue weighted by Crippen LogP contribution is 2.44. The van der Waals surface area contributed by atoms with Crippen LogP contribution in [-0.2, 0) is 9.59 Å². The van der Waals surface area contributed by atoms with Gasteiger partial charge in [0, 0.05) is 18.0 Å². The Kier molecular flexibility index (Phi) is 5.06. The molecule has 4 aromatic rings.